The van der Waals surface area contributed by atoms with Crippen LogP contribution in [0.3, 0.4) is 0 Å². The largest absolute Gasteiger partial charge is 0.743 e. The fraction of sp³-hybridized carbons (Fsp3) is 0.213. The zero-order chi connectivity index (χ0) is 70.1. The van der Waals surface area contributed by atoms with Gasteiger partial charge >= 0.3 is 34.8 Å². The quantitative estimate of drug-likeness (QED) is 0.0207. The van der Waals surface area contributed by atoms with E-state index in [4.69, 9.17) is 0 Å². The second-order valence-corrected chi connectivity index (χ2v) is 28.2. The number of hydrogen-bond acceptors (Lipinski definition) is 16. The van der Waals surface area contributed by atoms with Crippen LogP contribution in [0.1, 0.15) is 19.4 Å². The van der Waals surface area contributed by atoms with Gasteiger partial charge in [-0.2, -0.15) is 43.9 Å². The first-order chi connectivity index (χ1) is 42.9. The molecule has 0 fully saturated rings. The van der Waals surface area contributed by atoms with Crippen LogP contribution in [0, 0.1) is 0 Å². The average Bonchev–Trinajstić information content (AvgIpc) is 0.798. The van der Waals surface area contributed by atoms with Crippen molar-refractivity contribution in [3.63, 3.8) is 0 Å². The number of benzene rings is 7. The second-order valence-electron chi connectivity index (χ2n) is 20.2. The van der Waals surface area contributed by atoms with Crippen molar-refractivity contribution in [1.82, 2.24) is 0 Å². The van der Waals surface area contributed by atoms with Gasteiger partial charge in [-0.1, -0.05) is 128 Å². The summed E-state index contributed by atoms with van der Waals surface area (Å²) in [5, 5.41) is -4.58. The number of halogens is 10. The van der Waals surface area contributed by atoms with Gasteiger partial charge in [0.05, 0.1) is 51.0 Å². The van der Waals surface area contributed by atoms with Crippen molar-refractivity contribution in [2.24, 2.45) is 0 Å². The lowest BCUT2D eigenvalue weighted by Gasteiger charge is -2.29. The first-order valence-electron chi connectivity index (χ1n) is 26.3. The van der Waals surface area contributed by atoms with Gasteiger partial charge in [0.25, 0.3) is 12.2 Å². The summed E-state index contributed by atoms with van der Waals surface area (Å²) in [6, 6.07) is 66.5. The Kier molecular flexibility index (Phi) is 27.0. The Bertz CT molecular complexity index is 3730. The Labute approximate surface area is 536 Å². The summed E-state index contributed by atoms with van der Waals surface area (Å²) in [7, 11) is -10.4. The molecule has 32 heteroatoms. The molecule has 93 heavy (non-hydrogen) atoms. The van der Waals surface area contributed by atoms with E-state index in [2.05, 4.69) is 247 Å². The highest BCUT2D eigenvalue weighted by Gasteiger charge is 2.64. The Balaban J connectivity index is 0.000000245. The van der Waals surface area contributed by atoms with E-state index in [-0.39, 0.29) is 21.8 Å². The number of para-hydroxylation sites is 4. The maximum absolute atomic E-state index is 12.8. The first-order valence-corrected chi connectivity index (χ1v) is 32.9. The first kappa shape index (κ1) is 77.7. The zero-order valence-corrected chi connectivity index (χ0v) is 53.7. The van der Waals surface area contributed by atoms with E-state index in [1.807, 2.05) is 0 Å². The number of alkyl halides is 10. The van der Waals surface area contributed by atoms with Crippen molar-refractivity contribution >= 4 is 87.1 Å². The summed E-state index contributed by atoms with van der Waals surface area (Å²) >= 11 is 0. The van der Waals surface area contributed by atoms with Gasteiger partial charge in [0.1, 0.15) is 28.3 Å². The number of nitrogens with zero attached hydrogens (tertiary/aromatic N) is 1. The standard InChI is InChI=1S/2C18H14NS.C10H16N.2C7H7F5O5S.CH4O4S/c2*1-2-8-14(9-3-1)20-17-12-6-4-10-15(17)19-16-11-5-7-13-18(16)20;1-11(2,3)9-10-7-5-4-6-8-10;2*1-3(2)4(13)17-5(6(8,9)10)7(11,12)18(14,15)16;1-5-6(2,3)4/h2*1-13,19H;4-8H,9H2,1-3H3;2*5H,1H2,2H3,(H,14,15,16);1H3,(H,2,3,4)/q3*+1;;;/p-3. The predicted octanol–water partition coefficient (Wildman–Crippen LogP) is 13.0. The van der Waals surface area contributed by atoms with Crippen LogP contribution in [0.15, 0.2) is 242 Å². The summed E-state index contributed by atoms with van der Waals surface area (Å²) in [5.74, 6) is -3.80. The van der Waals surface area contributed by atoms with Crippen LogP contribution in [0.2, 0.25) is 0 Å². The summed E-state index contributed by atoms with van der Waals surface area (Å²) in [5.41, 5.74) is 4.93. The second kappa shape index (κ2) is 32.4. The zero-order valence-electron chi connectivity index (χ0n) is 49.7. The minimum atomic E-state index is -6.67. The lowest BCUT2D eigenvalue weighted by Crippen LogP contribution is -2.52. The molecule has 0 saturated heterocycles. The van der Waals surface area contributed by atoms with Crippen molar-refractivity contribution in [2.45, 2.75) is 84.8 Å². The van der Waals surface area contributed by atoms with E-state index in [9.17, 15) is 92.4 Å². The Hall–Kier alpha value is -7.79. The van der Waals surface area contributed by atoms with Crippen LogP contribution >= 0.6 is 0 Å². The van der Waals surface area contributed by atoms with Crippen molar-refractivity contribution in [2.75, 3.05) is 38.9 Å². The summed E-state index contributed by atoms with van der Waals surface area (Å²) < 4.78 is 223. The summed E-state index contributed by atoms with van der Waals surface area (Å²) in [4.78, 5) is 29.7. The van der Waals surface area contributed by atoms with Crippen molar-refractivity contribution < 1.29 is 111 Å². The number of nitrogens with one attached hydrogen (secondary N) is 2. The number of carbonyl (C=O) groups excluding carboxylic acids is 2. The van der Waals surface area contributed by atoms with Gasteiger partial charge < -0.3 is 38.2 Å². The highest BCUT2D eigenvalue weighted by molar-refractivity contribution is 7.97. The lowest BCUT2D eigenvalue weighted by molar-refractivity contribution is -0.884. The molecule has 0 amide bonds. The van der Waals surface area contributed by atoms with Gasteiger partial charge in [0.15, 0.2) is 49.6 Å². The molecule has 0 bridgehead atoms. The third-order valence-electron chi connectivity index (χ3n) is 11.6. The number of ether oxygens (including phenoxy) is 2. The molecule has 0 aromatic heterocycles. The average molecular weight is 1410 g/mol. The third kappa shape index (κ3) is 22.7. The van der Waals surface area contributed by atoms with E-state index in [1.54, 1.807) is 0 Å². The van der Waals surface area contributed by atoms with Crippen LogP contribution in [0.5, 0.6) is 0 Å². The van der Waals surface area contributed by atoms with Crippen LogP contribution in [-0.4, -0.2) is 119 Å². The number of rotatable bonds is 13. The highest BCUT2D eigenvalue weighted by atomic mass is 32.3. The molecule has 0 saturated carbocycles. The van der Waals surface area contributed by atoms with E-state index < -0.39 is 88.8 Å². The van der Waals surface area contributed by atoms with Gasteiger partial charge in [0, 0.05) is 16.7 Å². The lowest BCUT2D eigenvalue weighted by atomic mass is 10.2. The van der Waals surface area contributed by atoms with Crippen LogP contribution in [0.25, 0.3) is 0 Å². The molecule has 502 valence electrons. The van der Waals surface area contributed by atoms with E-state index in [0.29, 0.717) is 0 Å². The number of esters is 2. The molecule has 0 spiro atoms. The highest BCUT2D eigenvalue weighted by Crippen LogP contribution is 2.46. The van der Waals surface area contributed by atoms with E-state index in [0.717, 1.165) is 32.0 Å². The Morgan fingerprint density at radius 2 is 0.699 bits per heavy atom. The van der Waals surface area contributed by atoms with Crippen molar-refractivity contribution in [3.05, 3.63) is 218 Å². The van der Waals surface area contributed by atoms with Gasteiger partial charge in [-0.25, -0.2) is 34.8 Å². The molecule has 17 nitrogen and oxygen atoms in total. The minimum absolute atomic E-state index is 0.0204. The van der Waals surface area contributed by atoms with Crippen LogP contribution in [0.4, 0.5) is 66.7 Å². The topological polar surface area (TPSA) is 257 Å². The smallest absolute Gasteiger partial charge is 0.432 e. The molecule has 7 aromatic carbocycles. The van der Waals surface area contributed by atoms with Gasteiger partial charge in [0.2, 0.25) is 10.4 Å². The Morgan fingerprint density at radius 3 is 0.914 bits per heavy atom. The summed E-state index contributed by atoms with van der Waals surface area (Å²) in [6.45, 7) is 8.43. The van der Waals surface area contributed by atoms with Gasteiger partial charge in [-0.15, -0.1) is 0 Å². The fourth-order valence-corrected chi connectivity index (χ4v) is 13.1. The predicted molar refractivity (Wildman–Crippen MR) is 325 cm³/mol. The molecule has 2 atom stereocenters. The molecular weight excluding hydrogens is 1350 g/mol. The fourth-order valence-electron chi connectivity index (χ4n) is 7.60. The van der Waals surface area contributed by atoms with Crippen LogP contribution in [-0.2, 0) is 82.2 Å². The number of hydrogen-bond donors (Lipinski definition) is 2. The number of carbonyl (C=O) groups is 2. The number of quaternary nitrogens is 1. The SMILES string of the molecule is C=C(C)C(=O)OC(C(F)(F)F)C(F)(F)S(=O)(=O)[O-].C=C(C)C(=O)OC(C(F)(F)F)C(F)(F)S(=O)(=O)[O-].COS(=O)(=O)[O-].C[N+](C)(C)Cc1ccccc1.c1ccc([S+]2c3ccccc3Nc3ccccc32)cc1.c1ccc([S+]2c3ccccc3Nc3ccccc32)cc1. The van der Waals surface area contributed by atoms with E-state index in [1.165, 1.54) is 57.7 Å². The molecule has 7 aromatic rings. The minimum Gasteiger partial charge on any atom is -0.743 e. The van der Waals surface area contributed by atoms with Crippen molar-refractivity contribution in [3.8, 4) is 0 Å². The van der Waals surface area contributed by atoms with E-state index >= 15 is 0 Å². The molecular formula is C61H59F10N3O14S5. The van der Waals surface area contributed by atoms with Gasteiger partial charge in [-0.05, 0) is 86.6 Å². The molecule has 2 aliphatic heterocycles. The molecule has 0 aliphatic carbocycles. The molecule has 2 heterocycles. The van der Waals surface area contributed by atoms with Crippen molar-refractivity contribution in [1.29, 1.82) is 0 Å². The van der Waals surface area contributed by atoms with Crippen LogP contribution < -0.4 is 10.6 Å². The molecule has 9 rings (SSSR count). The molecule has 0 radical (unpaired) electrons. The Morgan fingerprint density at radius 1 is 0.462 bits per heavy atom. The normalized spacial score (nSPS) is 13.6. The number of anilines is 4. The molecule has 2 aliphatic rings. The molecule has 2 N–H and O–H groups in total. The summed E-state index contributed by atoms with van der Waals surface area (Å²) in [6.07, 6.45) is -20.7. The molecule has 2 unspecified atom stereocenters. The third-order valence-corrected chi connectivity index (χ3v) is 18.5. The number of fused-ring (bicyclic) bond motifs is 4. The monoisotopic (exact) mass is 1410 g/mol. The maximum Gasteiger partial charge on any atom is 0.432 e. The van der Waals surface area contributed by atoms with Gasteiger partial charge in [-0.3, -0.25) is 4.18 Å². The maximum atomic E-state index is 12.8.